The Kier molecular flexibility index (Phi) is 7.44. The van der Waals surface area contributed by atoms with E-state index < -0.39 is 28.0 Å². The lowest BCUT2D eigenvalue weighted by atomic mass is 10.1. The molecule has 35 heavy (non-hydrogen) atoms. The van der Waals surface area contributed by atoms with E-state index in [2.05, 4.69) is 4.72 Å². The molecule has 1 saturated heterocycles. The van der Waals surface area contributed by atoms with Gasteiger partial charge < -0.3 is 9.80 Å². The Morgan fingerprint density at radius 3 is 2.54 bits per heavy atom. The fourth-order valence-electron chi connectivity index (χ4n) is 4.32. The van der Waals surface area contributed by atoms with Crippen LogP contribution >= 0.6 is 11.6 Å². The lowest BCUT2D eigenvalue weighted by molar-refractivity contribution is -0.142. The van der Waals surface area contributed by atoms with Crippen molar-refractivity contribution in [3.63, 3.8) is 0 Å². The highest BCUT2D eigenvalue weighted by molar-refractivity contribution is 7.89. The summed E-state index contributed by atoms with van der Waals surface area (Å²) < 4.78 is 28.5. The molecule has 0 bridgehead atoms. The maximum atomic E-state index is 13.0. The summed E-state index contributed by atoms with van der Waals surface area (Å²) in [6.45, 7) is 2.52. The fourth-order valence-corrected chi connectivity index (χ4v) is 5.76. The quantitative estimate of drug-likeness (QED) is 0.499. The van der Waals surface area contributed by atoms with Gasteiger partial charge in [-0.05, 0) is 60.4 Å². The smallest absolute Gasteiger partial charge is 0.244 e. The minimum Gasteiger partial charge on any atom is -0.344 e. The first-order chi connectivity index (χ1) is 16.7. The summed E-state index contributed by atoms with van der Waals surface area (Å²) in [7, 11) is -2.21. The molecule has 9 heteroatoms. The van der Waals surface area contributed by atoms with E-state index in [-0.39, 0.29) is 10.8 Å². The molecule has 4 rings (SSSR count). The predicted octanol–water partition coefficient (Wildman–Crippen LogP) is 3.46. The number of sulfonamides is 1. The van der Waals surface area contributed by atoms with Crippen molar-refractivity contribution < 1.29 is 18.0 Å². The molecule has 3 aromatic carbocycles. The van der Waals surface area contributed by atoms with Gasteiger partial charge in [-0.25, -0.2) is 8.42 Å². The number of halogens is 1. The third-order valence-electron chi connectivity index (χ3n) is 6.40. The molecule has 1 aliphatic heterocycles. The van der Waals surface area contributed by atoms with Crippen molar-refractivity contribution in [3.05, 3.63) is 77.3 Å². The normalized spacial score (nSPS) is 17.1. The zero-order chi connectivity index (χ0) is 25.2. The number of hydrogen-bond acceptors (Lipinski definition) is 4. The number of rotatable bonds is 8. The van der Waals surface area contributed by atoms with Gasteiger partial charge in [0.2, 0.25) is 21.8 Å². The Bertz CT molecular complexity index is 1350. The van der Waals surface area contributed by atoms with Gasteiger partial charge in [0.25, 0.3) is 0 Å². The van der Waals surface area contributed by atoms with Crippen LogP contribution in [-0.2, 0) is 26.0 Å². The molecule has 3 aromatic rings. The van der Waals surface area contributed by atoms with Crippen molar-refractivity contribution in [1.29, 1.82) is 0 Å². The average molecular weight is 514 g/mol. The van der Waals surface area contributed by atoms with Gasteiger partial charge in [-0.15, -0.1) is 0 Å². The van der Waals surface area contributed by atoms with Gasteiger partial charge in [-0.2, -0.15) is 4.72 Å². The molecule has 0 spiro atoms. The number of hydrogen-bond donors (Lipinski definition) is 1. The van der Waals surface area contributed by atoms with E-state index in [9.17, 15) is 18.0 Å². The Morgan fingerprint density at radius 1 is 1.11 bits per heavy atom. The molecule has 0 unspecified atom stereocenters. The number of likely N-dealkylation sites (tertiary alicyclic amines) is 1. The van der Waals surface area contributed by atoms with Crippen molar-refractivity contribution in [2.45, 2.75) is 36.7 Å². The van der Waals surface area contributed by atoms with E-state index in [1.807, 2.05) is 30.3 Å². The van der Waals surface area contributed by atoms with Crippen LogP contribution in [0.3, 0.4) is 0 Å². The Hall–Kier alpha value is -2.94. The predicted molar refractivity (Wildman–Crippen MR) is 137 cm³/mol. The van der Waals surface area contributed by atoms with Crippen LogP contribution in [-0.4, -0.2) is 62.3 Å². The molecule has 0 aromatic heterocycles. The number of nitrogens with one attached hydrogen (secondary N) is 1. The third-order valence-corrected chi connectivity index (χ3v) is 8.11. The Morgan fingerprint density at radius 2 is 1.80 bits per heavy atom. The summed E-state index contributed by atoms with van der Waals surface area (Å²) >= 11 is 6.00. The first-order valence-electron chi connectivity index (χ1n) is 11.5. The molecule has 184 valence electrons. The van der Waals surface area contributed by atoms with Gasteiger partial charge in [0.05, 0.1) is 4.90 Å². The Labute approximate surface area is 210 Å². The highest BCUT2D eigenvalue weighted by atomic mass is 35.5. The standard InChI is InChI=1S/C26H28ClN3O4S/c1-18(25(31)29(2)14-12-19-6-4-3-5-7-19)30-15-13-24(26(30)32)28-35(33,34)23-11-9-20-16-22(27)10-8-21(20)17-23/h3-11,16-18,24,28H,12-15H2,1-2H3/t18-,24-/m0/s1. The second-order valence-corrected chi connectivity index (χ2v) is 11.0. The molecule has 0 saturated carbocycles. The minimum absolute atomic E-state index is 0.0725. The topological polar surface area (TPSA) is 86.8 Å². The molecule has 1 aliphatic rings. The van der Waals surface area contributed by atoms with E-state index in [1.54, 1.807) is 49.2 Å². The number of amides is 2. The van der Waals surface area contributed by atoms with Crippen molar-refractivity contribution in [2.24, 2.45) is 0 Å². The maximum absolute atomic E-state index is 13.0. The third kappa shape index (κ3) is 5.66. The molecule has 1 N–H and O–H groups in total. The highest BCUT2D eigenvalue weighted by Gasteiger charge is 2.39. The van der Waals surface area contributed by atoms with Crippen molar-refractivity contribution in [1.82, 2.24) is 14.5 Å². The molecule has 7 nitrogen and oxygen atoms in total. The SMILES string of the molecule is C[C@@H](C(=O)N(C)CCc1ccccc1)N1CC[C@H](NS(=O)(=O)c2ccc3cc(Cl)ccc3c2)C1=O. The molecular weight excluding hydrogens is 486 g/mol. The molecular formula is C26H28ClN3O4S. The number of fused-ring (bicyclic) bond motifs is 1. The molecule has 0 radical (unpaired) electrons. The van der Waals surface area contributed by atoms with Gasteiger partial charge in [0.1, 0.15) is 12.1 Å². The summed E-state index contributed by atoms with van der Waals surface area (Å²) in [6.07, 6.45) is 1.01. The monoisotopic (exact) mass is 513 g/mol. The van der Waals surface area contributed by atoms with E-state index in [0.717, 1.165) is 16.3 Å². The van der Waals surface area contributed by atoms with Gasteiger partial charge in [0.15, 0.2) is 0 Å². The number of benzene rings is 3. The first-order valence-corrected chi connectivity index (χ1v) is 13.3. The minimum atomic E-state index is -3.93. The maximum Gasteiger partial charge on any atom is 0.244 e. The lowest BCUT2D eigenvalue weighted by Crippen LogP contribution is -2.49. The van der Waals surface area contributed by atoms with Crippen LogP contribution in [0.1, 0.15) is 18.9 Å². The summed E-state index contributed by atoms with van der Waals surface area (Å²) in [5.41, 5.74) is 1.13. The number of likely N-dealkylation sites (N-methyl/N-ethyl adjacent to an activating group) is 1. The summed E-state index contributed by atoms with van der Waals surface area (Å²) in [5.74, 6) is -0.565. The second kappa shape index (κ2) is 10.4. The van der Waals surface area contributed by atoms with E-state index >= 15 is 0 Å². The summed E-state index contributed by atoms with van der Waals surface area (Å²) in [6, 6.07) is 18.2. The van der Waals surface area contributed by atoms with E-state index in [1.165, 1.54) is 11.0 Å². The second-order valence-electron chi connectivity index (χ2n) is 8.82. The van der Waals surface area contributed by atoms with Gasteiger partial charge in [-0.3, -0.25) is 9.59 Å². The largest absolute Gasteiger partial charge is 0.344 e. The van der Waals surface area contributed by atoms with Gasteiger partial charge in [-0.1, -0.05) is 54.1 Å². The van der Waals surface area contributed by atoms with Crippen LogP contribution in [0.25, 0.3) is 10.8 Å². The lowest BCUT2D eigenvalue weighted by Gasteiger charge is -2.28. The molecule has 2 atom stereocenters. The van der Waals surface area contributed by atoms with Crippen molar-refractivity contribution in [3.8, 4) is 0 Å². The number of carbonyl (C=O) groups excluding carboxylic acids is 2. The first kappa shape index (κ1) is 25.2. The van der Waals surface area contributed by atoms with Crippen LogP contribution in [0.15, 0.2) is 71.6 Å². The van der Waals surface area contributed by atoms with Crippen molar-refractivity contribution >= 4 is 44.2 Å². The number of carbonyl (C=O) groups is 2. The van der Waals surface area contributed by atoms with Crippen LogP contribution in [0.2, 0.25) is 5.02 Å². The van der Waals surface area contributed by atoms with Crippen LogP contribution in [0, 0.1) is 0 Å². The van der Waals surface area contributed by atoms with Crippen molar-refractivity contribution in [2.75, 3.05) is 20.1 Å². The van der Waals surface area contributed by atoms with Gasteiger partial charge >= 0.3 is 0 Å². The highest BCUT2D eigenvalue weighted by Crippen LogP contribution is 2.24. The van der Waals surface area contributed by atoms with Crippen LogP contribution in [0.5, 0.6) is 0 Å². The van der Waals surface area contributed by atoms with Crippen LogP contribution < -0.4 is 4.72 Å². The molecule has 1 heterocycles. The Balaban J connectivity index is 1.39. The van der Waals surface area contributed by atoms with Crippen LogP contribution in [0.4, 0.5) is 0 Å². The molecule has 1 fully saturated rings. The average Bonchev–Trinajstić information content (AvgIpc) is 3.20. The van der Waals surface area contributed by atoms with E-state index in [0.29, 0.717) is 31.0 Å². The summed E-state index contributed by atoms with van der Waals surface area (Å²) in [5, 5.41) is 2.12. The number of nitrogens with zero attached hydrogens (tertiary/aromatic N) is 2. The fraction of sp³-hybridized carbons (Fsp3) is 0.308. The van der Waals surface area contributed by atoms with E-state index in [4.69, 9.17) is 11.6 Å². The summed E-state index contributed by atoms with van der Waals surface area (Å²) in [4.78, 5) is 29.1. The zero-order valence-electron chi connectivity index (χ0n) is 19.6. The molecule has 0 aliphatic carbocycles. The van der Waals surface area contributed by atoms with Gasteiger partial charge in [0, 0.05) is 25.2 Å². The molecule has 2 amide bonds. The zero-order valence-corrected chi connectivity index (χ0v) is 21.2.